The molecule has 0 heterocycles. The van der Waals surface area contributed by atoms with E-state index in [1.165, 1.54) is 0 Å². The average molecular weight is 323 g/mol. The smallest absolute Gasteiger partial charge is 0.425 e. The summed E-state index contributed by atoms with van der Waals surface area (Å²) in [5, 5.41) is 8.78. The van der Waals surface area contributed by atoms with E-state index in [2.05, 4.69) is 22.1 Å². The highest BCUT2D eigenvalue weighted by atomic mass is 16.8. The average Bonchev–Trinajstić information content (AvgIpc) is 2.62. The molecule has 6 nitrogen and oxygen atoms in total. The van der Waals surface area contributed by atoms with Gasteiger partial charge in [0.25, 0.3) is 0 Å². The summed E-state index contributed by atoms with van der Waals surface area (Å²) in [6.45, 7) is 2.66. The first-order chi connectivity index (χ1) is 11.6. The number of hydrogen-bond acceptors (Lipinski definition) is 6. The quantitative estimate of drug-likeness (QED) is 0.363. The molecule has 0 saturated heterocycles. The van der Waals surface area contributed by atoms with Crippen molar-refractivity contribution in [2.24, 2.45) is 0 Å². The molecule has 0 aliphatic rings. The SMILES string of the molecule is C=CC(=O)OCOC(=O)Oc1ccc(-c2ccc(C#N)cc2)cc1. The number of ether oxygens (including phenoxy) is 3. The second kappa shape index (κ2) is 8.15. The highest BCUT2D eigenvalue weighted by Crippen LogP contribution is 2.23. The Hall–Kier alpha value is -3.59. The molecule has 2 aromatic rings. The van der Waals surface area contributed by atoms with Crippen molar-refractivity contribution in [3.05, 3.63) is 66.7 Å². The lowest BCUT2D eigenvalue weighted by atomic mass is 10.0. The molecular formula is C18H13NO5. The molecule has 0 aromatic heterocycles. The summed E-state index contributed by atoms with van der Waals surface area (Å²) < 4.78 is 14.0. The molecule has 0 bridgehead atoms. The molecule has 2 rings (SSSR count). The second-order valence-corrected chi connectivity index (χ2v) is 4.50. The van der Waals surface area contributed by atoms with E-state index in [1.807, 2.05) is 12.1 Å². The van der Waals surface area contributed by atoms with E-state index in [1.54, 1.807) is 36.4 Å². The van der Waals surface area contributed by atoms with Gasteiger partial charge in [-0.2, -0.15) is 5.26 Å². The molecule has 0 radical (unpaired) electrons. The Morgan fingerprint density at radius 2 is 1.58 bits per heavy atom. The first kappa shape index (κ1) is 16.8. The summed E-state index contributed by atoms with van der Waals surface area (Å²) >= 11 is 0. The molecule has 0 fully saturated rings. The minimum Gasteiger partial charge on any atom is -0.425 e. The van der Waals surface area contributed by atoms with Gasteiger partial charge in [-0.3, -0.25) is 0 Å². The molecule has 2 aromatic carbocycles. The summed E-state index contributed by atoms with van der Waals surface area (Å²) in [5.41, 5.74) is 2.41. The zero-order chi connectivity index (χ0) is 17.4. The fourth-order valence-corrected chi connectivity index (χ4v) is 1.77. The predicted octanol–water partition coefficient (Wildman–Crippen LogP) is 3.43. The van der Waals surface area contributed by atoms with Crippen molar-refractivity contribution < 1.29 is 23.8 Å². The molecule has 24 heavy (non-hydrogen) atoms. The van der Waals surface area contributed by atoms with Gasteiger partial charge in [0, 0.05) is 6.08 Å². The predicted molar refractivity (Wildman–Crippen MR) is 84.9 cm³/mol. The summed E-state index contributed by atoms with van der Waals surface area (Å²) in [7, 11) is 0. The second-order valence-electron chi connectivity index (χ2n) is 4.50. The van der Waals surface area contributed by atoms with Gasteiger partial charge in [-0.1, -0.05) is 30.8 Å². The van der Waals surface area contributed by atoms with Crippen LogP contribution in [0, 0.1) is 11.3 Å². The highest BCUT2D eigenvalue weighted by Gasteiger charge is 2.07. The maximum absolute atomic E-state index is 11.4. The van der Waals surface area contributed by atoms with Gasteiger partial charge in [-0.15, -0.1) is 0 Å². The summed E-state index contributed by atoms with van der Waals surface area (Å²) in [5.74, 6) is -0.415. The molecule has 0 aliphatic carbocycles. The molecule has 0 unspecified atom stereocenters. The standard InChI is InChI=1S/C18H13NO5/c1-2-17(20)22-12-23-18(21)24-16-9-7-15(8-10-16)14-5-3-13(11-19)4-6-14/h2-10H,1,12H2. The van der Waals surface area contributed by atoms with E-state index in [0.717, 1.165) is 17.2 Å². The van der Waals surface area contributed by atoms with Crippen LogP contribution in [0.2, 0.25) is 0 Å². The van der Waals surface area contributed by atoms with Crippen LogP contribution in [0.4, 0.5) is 4.79 Å². The van der Waals surface area contributed by atoms with E-state index < -0.39 is 18.9 Å². The van der Waals surface area contributed by atoms with Crippen molar-refractivity contribution in [3.63, 3.8) is 0 Å². The largest absolute Gasteiger partial charge is 0.516 e. The van der Waals surface area contributed by atoms with Crippen molar-refractivity contribution in [2.75, 3.05) is 6.79 Å². The number of esters is 1. The lowest BCUT2D eigenvalue weighted by Crippen LogP contribution is -2.14. The molecule has 0 aliphatic heterocycles. The molecular weight excluding hydrogens is 310 g/mol. The zero-order valence-corrected chi connectivity index (χ0v) is 12.6. The summed E-state index contributed by atoms with van der Waals surface area (Å²) in [6, 6.07) is 15.9. The van der Waals surface area contributed by atoms with Gasteiger partial charge in [-0.25, -0.2) is 9.59 Å². The van der Waals surface area contributed by atoms with Crippen molar-refractivity contribution >= 4 is 12.1 Å². The number of carbonyl (C=O) groups excluding carboxylic acids is 2. The molecule has 6 heteroatoms. The van der Waals surface area contributed by atoms with Crippen LogP contribution in [-0.2, 0) is 14.3 Å². The zero-order valence-electron chi connectivity index (χ0n) is 12.6. The molecule has 0 amide bonds. The third-order valence-electron chi connectivity index (χ3n) is 2.95. The number of rotatable bonds is 5. The lowest BCUT2D eigenvalue weighted by molar-refractivity contribution is -0.146. The Bertz CT molecular complexity index is 773. The fourth-order valence-electron chi connectivity index (χ4n) is 1.77. The van der Waals surface area contributed by atoms with Gasteiger partial charge in [0.05, 0.1) is 11.6 Å². The monoisotopic (exact) mass is 323 g/mol. The van der Waals surface area contributed by atoms with E-state index >= 15 is 0 Å². The number of nitriles is 1. The van der Waals surface area contributed by atoms with Crippen molar-refractivity contribution in [2.45, 2.75) is 0 Å². The van der Waals surface area contributed by atoms with Gasteiger partial charge in [0.15, 0.2) is 0 Å². The number of benzene rings is 2. The third-order valence-corrected chi connectivity index (χ3v) is 2.95. The van der Waals surface area contributed by atoms with Crippen molar-refractivity contribution in [1.29, 1.82) is 5.26 Å². The van der Waals surface area contributed by atoms with E-state index in [0.29, 0.717) is 5.56 Å². The summed E-state index contributed by atoms with van der Waals surface area (Å²) in [4.78, 5) is 22.2. The fraction of sp³-hybridized carbons (Fsp3) is 0.0556. The van der Waals surface area contributed by atoms with Crippen LogP contribution in [0.1, 0.15) is 5.56 Å². The van der Waals surface area contributed by atoms with Crippen LogP contribution in [0.5, 0.6) is 5.75 Å². The van der Waals surface area contributed by atoms with Gasteiger partial charge in [-0.05, 0) is 35.4 Å². The maximum atomic E-state index is 11.4. The van der Waals surface area contributed by atoms with Crippen molar-refractivity contribution in [1.82, 2.24) is 0 Å². The Morgan fingerprint density at radius 3 is 2.12 bits per heavy atom. The van der Waals surface area contributed by atoms with E-state index in [-0.39, 0.29) is 5.75 Å². The number of hydrogen-bond donors (Lipinski definition) is 0. The van der Waals surface area contributed by atoms with Crippen LogP contribution in [-0.4, -0.2) is 18.9 Å². The minimum absolute atomic E-state index is 0.285. The number of nitrogens with zero attached hydrogens (tertiary/aromatic N) is 1. The van der Waals surface area contributed by atoms with Gasteiger partial charge >= 0.3 is 12.1 Å². The molecule has 120 valence electrons. The van der Waals surface area contributed by atoms with Crippen molar-refractivity contribution in [3.8, 4) is 22.9 Å². The topological polar surface area (TPSA) is 85.6 Å². The Morgan fingerprint density at radius 1 is 1.00 bits per heavy atom. The van der Waals surface area contributed by atoms with Crippen LogP contribution in [0.15, 0.2) is 61.2 Å². The molecule has 0 saturated carbocycles. The molecule has 0 atom stereocenters. The van der Waals surface area contributed by atoms with Gasteiger partial charge < -0.3 is 14.2 Å². The van der Waals surface area contributed by atoms with Crippen LogP contribution >= 0.6 is 0 Å². The van der Waals surface area contributed by atoms with E-state index in [4.69, 9.17) is 10.00 Å². The number of carbonyl (C=O) groups is 2. The lowest BCUT2D eigenvalue weighted by Gasteiger charge is -2.07. The van der Waals surface area contributed by atoms with Crippen LogP contribution in [0.25, 0.3) is 11.1 Å². The normalized spacial score (nSPS) is 9.46. The summed E-state index contributed by atoms with van der Waals surface area (Å²) in [6.07, 6.45) is -0.0330. The molecule has 0 spiro atoms. The van der Waals surface area contributed by atoms with Gasteiger partial charge in [0.2, 0.25) is 6.79 Å². The Balaban J connectivity index is 1.91. The van der Waals surface area contributed by atoms with Crippen LogP contribution < -0.4 is 4.74 Å². The highest BCUT2D eigenvalue weighted by molar-refractivity contribution is 5.81. The first-order valence-corrected chi connectivity index (χ1v) is 6.87. The van der Waals surface area contributed by atoms with Gasteiger partial charge in [0.1, 0.15) is 5.75 Å². The van der Waals surface area contributed by atoms with Crippen LogP contribution in [0.3, 0.4) is 0 Å². The Kier molecular flexibility index (Phi) is 5.70. The maximum Gasteiger partial charge on any atom is 0.516 e. The third kappa shape index (κ3) is 4.71. The first-order valence-electron chi connectivity index (χ1n) is 6.87. The Labute approximate surface area is 138 Å². The van der Waals surface area contributed by atoms with E-state index in [9.17, 15) is 9.59 Å². The minimum atomic E-state index is -0.988. The molecule has 0 N–H and O–H groups in total.